The van der Waals surface area contributed by atoms with E-state index in [4.69, 9.17) is 23.2 Å². The molecule has 5 rings (SSSR count). The molecular formula is C27H31Cl2N5O3. The number of likely N-dealkylation sites (tertiary alicyclic amines) is 1. The van der Waals surface area contributed by atoms with Crippen molar-refractivity contribution in [3.63, 3.8) is 0 Å². The average molecular weight is 544 g/mol. The van der Waals surface area contributed by atoms with E-state index in [1.807, 2.05) is 30.3 Å². The van der Waals surface area contributed by atoms with Crippen molar-refractivity contribution in [1.82, 2.24) is 20.0 Å². The monoisotopic (exact) mass is 543 g/mol. The maximum absolute atomic E-state index is 13.9. The van der Waals surface area contributed by atoms with Crippen molar-refractivity contribution in [1.29, 1.82) is 0 Å². The first-order valence-corrected chi connectivity index (χ1v) is 13.5. The van der Waals surface area contributed by atoms with Gasteiger partial charge < -0.3 is 20.4 Å². The van der Waals surface area contributed by atoms with Crippen LogP contribution >= 0.6 is 23.2 Å². The van der Waals surface area contributed by atoms with Gasteiger partial charge in [0.1, 0.15) is 5.54 Å². The lowest BCUT2D eigenvalue weighted by molar-refractivity contribution is -0.131. The third-order valence-corrected chi connectivity index (χ3v) is 8.17. The molecule has 0 bridgehead atoms. The molecule has 2 N–H and O–H groups in total. The van der Waals surface area contributed by atoms with Gasteiger partial charge in [-0.15, -0.1) is 0 Å². The van der Waals surface area contributed by atoms with Gasteiger partial charge in [-0.3, -0.25) is 14.5 Å². The molecule has 2 saturated heterocycles. The zero-order chi connectivity index (χ0) is 26.2. The van der Waals surface area contributed by atoms with Gasteiger partial charge in [0, 0.05) is 67.4 Å². The Morgan fingerprint density at radius 1 is 1.00 bits per heavy atom. The lowest BCUT2D eigenvalue weighted by atomic mass is 9.81. The molecule has 2 aromatic rings. The predicted octanol–water partition coefficient (Wildman–Crippen LogP) is 4.07. The first-order chi connectivity index (χ1) is 17.8. The maximum atomic E-state index is 13.9. The zero-order valence-corrected chi connectivity index (χ0v) is 22.3. The van der Waals surface area contributed by atoms with Gasteiger partial charge >= 0.3 is 6.03 Å². The van der Waals surface area contributed by atoms with Crippen LogP contribution in [0, 0.1) is 0 Å². The number of nitrogens with zero attached hydrogens (tertiary/aromatic N) is 3. The number of piperidine rings is 1. The third kappa shape index (κ3) is 5.02. The molecule has 3 aliphatic heterocycles. The van der Waals surface area contributed by atoms with E-state index in [-0.39, 0.29) is 24.0 Å². The number of fused-ring (bicyclic) bond motifs is 1. The van der Waals surface area contributed by atoms with Crippen LogP contribution < -0.4 is 10.6 Å². The van der Waals surface area contributed by atoms with Crippen LogP contribution in [0.1, 0.15) is 37.3 Å². The van der Waals surface area contributed by atoms with Gasteiger partial charge in [0.2, 0.25) is 11.8 Å². The molecule has 2 aromatic carbocycles. The Bertz CT molecular complexity index is 1220. The molecule has 1 unspecified atom stereocenters. The zero-order valence-electron chi connectivity index (χ0n) is 20.8. The Morgan fingerprint density at radius 3 is 2.46 bits per heavy atom. The molecule has 196 valence electrons. The summed E-state index contributed by atoms with van der Waals surface area (Å²) in [5.74, 6) is -0.117. The number of amides is 4. The van der Waals surface area contributed by atoms with E-state index in [1.165, 1.54) is 0 Å². The molecule has 4 amide bonds. The van der Waals surface area contributed by atoms with Crippen LogP contribution in [-0.4, -0.2) is 71.4 Å². The highest BCUT2D eigenvalue weighted by atomic mass is 35.5. The molecule has 2 fully saturated rings. The Kier molecular flexibility index (Phi) is 7.34. The van der Waals surface area contributed by atoms with Gasteiger partial charge in [-0.1, -0.05) is 41.4 Å². The number of carbonyl (C=O) groups is 3. The Morgan fingerprint density at radius 2 is 1.73 bits per heavy atom. The van der Waals surface area contributed by atoms with Gasteiger partial charge in [-0.2, -0.15) is 0 Å². The molecule has 3 aliphatic rings. The van der Waals surface area contributed by atoms with E-state index in [2.05, 4.69) is 15.5 Å². The smallest absolute Gasteiger partial charge is 0.318 e. The standard InChI is InChI=1S/C27H31Cl2N5O3/c1-18(35)32-11-13-33(14-12-32)26(37)31-24-7-2-3-10-34(24)27(17-19-5-4-6-20(28)15-19)22-9-8-21(29)16-23(22)30-25(27)36/h4-6,8-9,15-16,24H,2-3,7,10-14,17H2,1H3,(H,30,36)(H,31,37)/t24?,27-/m0/s1. The van der Waals surface area contributed by atoms with Crippen molar-refractivity contribution >= 4 is 46.7 Å². The highest BCUT2D eigenvalue weighted by Crippen LogP contribution is 2.46. The fourth-order valence-electron chi connectivity index (χ4n) is 5.83. The minimum atomic E-state index is -1.03. The van der Waals surface area contributed by atoms with Crippen LogP contribution in [0.15, 0.2) is 42.5 Å². The van der Waals surface area contributed by atoms with Crippen LogP contribution in [0.25, 0.3) is 0 Å². The van der Waals surface area contributed by atoms with Crippen LogP contribution in [0.5, 0.6) is 0 Å². The number of rotatable bonds is 4. The number of nitrogens with one attached hydrogen (secondary N) is 2. The number of urea groups is 1. The van der Waals surface area contributed by atoms with Gasteiger partial charge in [-0.25, -0.2) is 4.79 Å². The lowest BCUT2D eigenvalue weighted by Crippen LogP contribution is -2.64. The summed E-state index contributed by atoms with van der Waals surface area (Å²) >= 11 is 12.6. The van der Waals surface area contributed by atoms with Crippen molar-refractivity contribution < 1.29 is 14.4 Å². The first-order valence-electron chi connectivity index (χ1n) is 12.7. The molecule has 0 saturated carbocycles. The molecule has 10 heteroatoms. The van der Waals surface area contributed by atoms with Gasteiger partial charge in [0.15, 0.2) is 0 Å². The number of hydrogen-bond acceptors (Lipinski definition) is 4. The minimum Gasteiger partial charge on any atom is -0.339 e. The second kappa shape index (κ2) is 10.5. The van der Waals surface area contributed by atoms with Crippen molar-refractivity contribution in [2.45, 2.75) is 44.3 Å². The highest BCUT2D eigenvalue weighted by Gasteiger charge is 2.54. The second-order valence-corrected chi connectivity index (χ2v) is 10.8. The average Bonchev–Trinajstić information content (AvgIpc) is 3.15. The number of carbonyl (C=O) groups excluding carboxylic acids is 3. The van der Waals surface area contributed by atoms with E-state index >= 15 is 0 Å². The molecule has 3 heterocycles. The summed E-state index contributed by atoms with van der Waals surface area (Å²) in [6, 6.07) is 12.9. The predicted molar refractivity (Wildman–Crippen MR) is 144 cm³/mol. The van der Waals surface area contributed by atoms with Crippen molar-refractivity contribution in [3.05, 3.63) is 63.6 Å². The van der Waals surface area contributed by atoms with Crippen molar-refractivity contribution in [2.24, 2.45) is 0 Å². The Balaban J connectivity index is 1.47. The molecule has 37 heavy (non-hydrogen) atoms. The number of halogens is 2. The van der Waals surface area contributed by atoms with Gasteiger partial charge in [0.05, 0.1) is 6.17 Å². The summed E-state index contributed by atoms with van der Waals surface area (Å²) in [5.41, 5.74) is 1.44. The minimum absolute atomic E-state index is 0.0208. The fraction of sp³-hybridized carbons (Fsp3) is 0.444. The largest absolute Gasteiger partial charge is 0.339 e. The molecule has 0 spiro atoms. The molecule has 2 atom stereocenters. The quantitative estimate of drug-likeness (QED) is 0.608. The number of piperazine rings is 1. The van der Waals surface area contributed by atoms with Gasteiger partial charge in [-0.05, 0) is 49.1 Å². The van der Waals surface area contributed by atoms with Crippen LogP contribution in [-0.2, 0) is 21.5 Å². The van der Waals surface area contributed by atoms with Gasteiger partial charge in [0.25, 0.3) is 0 Å². The first kappa shape index (κ1) is 25.8. The van der Waals surface area contributed by atoms with E-state index < -0.39 is 5.54 Å². The van der Waals surface area contributed by atoms with Crippen LogP contribution in [0.4, 0.5) is 10.5 Å². The van der Waals surface area contributed by atoms with Crippen LogP contribution in [0.2, 0.25) is 10.0 Å². The number of benzene rings is 2. The lowest BCUT2D eigenvalue weighted by Gasteiger charge is -2.47. The summed E-state index contributed by atoms with van der Waals surface area (Å²) in [7, 11) is 0. The van der Waals surface area contributed by atoms with Crippen molar-refractivity contribution in [3.8, 4) is 0 Å². The SMILES string of the molecule is CC(=O)N1CCN(C(=O)NC2CCCCN2[C@]2(Cc3cccc(Cl)c3)C(=O)Nc3cc(Cl)ccc32)CC1. The van der Waals surface area contributed by atoms with E-state index in [1.54, 1.807) is 28.9 Å². The molecule has 8 nitrogen and oxygen atoms in total. The summed E-state index contributed by atoms with van der Waals surface area (Å²) in [6.07, 6.45) is 2.65. The molecule has 0 aromatic heterocycles. The number of hydrogen-bond donors (Lipinski definition) is 2. The number of anilines is 1. The summed E-state index contributed by atoms with van der Waals surface area (Å²) in [6.45, 7) is 4.20. The Labute approximate surface area is 226 Å². The summed E-state index contributed by atoms with van der Waals surface area (Å²) in [4.78, 5) is 44.6. The summed E-state index contributed by atoms with van der Waals surface area (Å²) < 4.78 is 0. The van der Waals surface area contributed by atoms with E-state index in [0.29, 0.717) is 54.9 Å². The van der Waals surface area contributed by atoms with Crippen LogP contribution in [0.3, 0.4) is 0 Å². The van der Waals surface area contributed by atoms with E-state index in [9.17, 15) is 14.4 Å². The Hall–Kier alpha value is -2.81. The molecule has 0 aliphatic carbocycles. The fourth-order valence-corrected chi connectivity index (χ4v) is 6.21. The normalized spacial score (nSPS) is 24.0. The second-order valence-electron chi connectivity index (χ2n) is 9.96. The summed E-state index contributed by atoms with van der Waals surface area (Å²) in [5, 5.41) is 7.43. The van der Waals surface area contributed by atoms with Crippen molar-refractivity contribution in [2.75, 3.05) is 38.0 Å². The highest BCUT2D eigenvalue weighted by molar-refractivity contribution is 6.31. The topological polar surface area (TPSA) is 85.0 Å². The third-order valence-electron chi connectivity index (χ3n) is 7.70. The molecule has 0 radical (unpaired) electrons. The van der Waals surface area contributed by atoms with E-state index in [0.717, 1.165) is 30.4 Å². The maximum Gasteiger partial charge on any atom is 0.318 e. The molecular weight excluding hydrogens is 513 g/mol.